The zero-order chi connectivity index (χ0) is 12.8. The fourth-order valence-electron chi connectivity index (χ4n) is 1.39. The lowest BCUT2D eigenvalue weighted by Crippen LogP contribution is -2.28. The highest BCUT2D eigenvalue weighted by atomic mass is 35.5. The molecule has 5 heteroatoms. The van der Waals surface area contributed by atoms with Gasteiger partial charge in [0.25, 0.3) is 0 Å². The Balaban J connectivity index is 2.86. The van der Waals surface area contributed by atoms with E-state index in [0.717, 1.165) is 5.56 Å². The van der Waals surface area contributed by atoms with Crippen LogP contribution >= 0.6 is 11.6 Å². The highest BCUT2D eigenvalue weighted by molar-refractivity contribution is 6.30. The Hall–Kier alpha value is -1.55. The number of esters is 2. The highest BCUT2D eigenvalue weighted by Gasteiger charge is 2.28. The third kappa shape index (κ3) is 3.75. The average Bonchev–Trinajstić information content (AvgIpc) is 2.34. The van der Waals surface area contributed by atoms with Gasteiger partial charge in [0.1, 0.15) is 0 Å². The average molecular weight is 256 g/mol. The lowest BCUT2D eigenvalue weighted by molar-refractivity contribution is -0.158. The molecule has 0 saturated heterocycles. The van der Waals surface area contributed by atoms with Gasteiger partial charge in [-0.2, -0.15) is 0 Å². The van der Waals surface area contributed by atoms with E-state index in [1.54, 1.807) is 18.2 Å². The van der Waals surface area contributed by atoms with Gasteiger partial charge >= 0.3 is 11.9 Å². The van der Waals surface area contributed by atoms with E-state index in [0.29, 0.717) is 5.02 Å². The molecule has 1 rings (SSSR count). The third-order valence-electron chi connectivity index (χ3n) is 2.24. The SMILES string of the molecule is COC(=O)C(Cc1cc[c]c(Cl)c1)C(=O)OC. The largest absolute Gasteiger partial charge is 0.468 e. The second-order valence-electron chi connectivity index (χ2n) is 3.35. The van der Waals surface area contributed by atoms with Crippen molar-refractivity contribution in [2.75, 3.05) is 14.2 Å². The number of hydrogen-bond acceptors (Lipinski definition) is 4. The molecular weight excluding hydrogens is 244 g/mol. The smallest absolute Gasteiger partial charge is 0.320 e. The first kappa shape index (κ1) is 13.5. The summed E-state index contributed by atoms with van der Waals surface area (Å²) in [4.78, 5) is 22.9. The van der Waals surface area contributed by atoms with Crippen LogP contribution < -0.4 is 0 Å². The summed E-state index contributed by atoms with van der Waals surface area (Å²) in [7, 11) is 2.45. The van der Waals surface area contributed by atoms with Gasteiger partial charge in [-0.15, -0.1) is 0 Å². The van der Waals surface area contributed by atoms with Gasteiger partial charge in [-0.25, -0.2) is 0 Å². The number of benzene rings is 1. The molecule has 0 aliphatic heterocycles. The Morgan fingerprint density at radius 2 is 1.94 bits per heavy atom. The minimum Gasteiger partial charge on any atom is -0.468 e. The van der Waals surface area contributed by atoms with Crippen molar-refractivity contribution in [2.45, 2.75) is 6.42 Å². The first-order valence-corrected chi connectivity index (χ1v) is 5.28. The quantitative estimate of drug-likeness (QED) is 0.606. The number of hydrogen-bond donors (Lipinski definition) is 0. The molecule has 0 aromatic heterocycles. The Kier molecular flexibility index (Phi) is 4.97. The van der Waals surface area contributed by atoms with Crippen LogP contribution in [0, 0.1) is 12.0 Å². The van der Waals surface area contributed by atoms with Crippen molar-refractivity contribution in [1.82, 2.24) is 0 Å². The van der Waals surface area contributed by atoms with Gasteiger partial charge in [0.2, 0.25) is 0 Å². The molecule has 0 bridgehead atoms. The Labute approximate surface area is 104 Å². The molecule has 0 spiro atoms. The van der Waals surface area contributed by atoms with E-state index < -0.39 is 17.9 Å². The molecule has 0 aliphatic rings. The zero-order valence-electron chi connectivity index (χ0n) is 9.53. The van der Waals surface area contributed by atoms with Gasteiger partial charge in [0, 0.05) is 11.1 Å². The molecule has 0 amide bonds. The number of carbonyl (C=O) groups is 2. The maximum Gasteiger partial charge on any atom is 0.320 e. The van der Waals surface area contributed by atoms with Crippen molar-refractivity contribution in [1.29, 1.82) is 0 Å². The summed E-state index contributed by atoms with van der Waals surface area (Å²) in [6.45, 7) is 0. The molecule has 0 heterocycles. The normalized spacial score (nSPS) is 10.1. The van der Waals surface area contributed by atoms with Gasteiger partial charge in [0.15, 0.2) is 5.92 Å². The van der Waals surface area contributed by atoms with Crippen molar-refractivity contribution in [3.63, 3.8) is 0 Å². The van der Waals surface area contributed by atoms with Gasteiger partial charge in [0.05, 0.1) is 14.2 Å². The molecule has 0 atom stereocenters. The summed E-state index contributed by atoms with van der Waals surface area (Å²) >= 11 is 5.77. The lowest BCUT2D eigenvalue weighted by Gasteiger charge is -2.12. The molecule has 0 aliphatic carbocycles. The second kappa shape index (κ2) is 6.25. The molecule has 91 valence electrons. The van der Waals surface area contributed by atoms with Crippen LogP contribution in [0.4, 0.5) is 0 Å². The van der Waals surface area contributed by atoms with Crippen LogP contribution in [0.25, 0.3) is 0 Å². The summed E-state index contributed by atoms with van der Waals surface area (Å²) in [6.07, 6.45) is 0.188. The van der Waals surface area contributed by atoms with E-state index >= 15 is 0 Å². The minimum atomic E-state index is -0.969. The van der Waals surface area contributed by atoms with Crippen LogP contribution in [0.5, 0.6) is 0 Å². The van der Waals surface area contributed by atoms with Gasteiger partial charge in [-0.05, 0) is 18.1 Å². The molecular formula is C12H12ClO4. The molecule has 0 fully saturated rings. The van der Waals surface area contributed by atoms with E-state index in [-0.39, 0.29) is 6.42 Å². The van der Waals surface area contributed by atoms with Crippen LogP contribution in [0.2, 0.25) is 5.02 Å². The van der Waals surface area contributed by atoms with Crippen molar-refractivity contribution in [2.24, 2.45) is 5.92 Å². The van der Waals surface area contributed by atoms with Crippen LogP contribution in [0.3, 0.4) is 0 Å². The summed E-state index contributed by atoms with van der Waals surface area (Å²) in [5.74, 6) is -2.22. The molecule has 1 aromatic rings. The fraction of sp³-hybridized carbons (Fsp3) is 0.333. The number of halogens is 1. The predicted octanol–water partition coefficient (Wildman–Crippen LogP) is 1.64. The molecule has 4 nitrogen and oxygen atoms in total. The Bertz CT molecular complexity index is 401. The standard InChI is InChI=1S/C12H12ClO4/c1-16-11(14)10(12(15)17-2)7-8-4-3-5-9(13)6-8/h3-4,6,10H,7H2,1-2H3. The summed E-state index contributed by atoms with van der Waals surface area (Å²) < 4.78 is 9.11. The van der Waals surface area contributed by atoms with Gasteiger partial charge in [-0.3, -0.25) is 9.59 Å². The highest BCUT2D eigenvalue weighted by Crippen LogP contribution is 2.16. The van der Waals surface area contributed by atoms with Crippen molar-refractivity contribution < 1.29 is 19.1 Å². The molecule has 17 heavy (non-hydrogen) atoms. The Morgan fingerprint density at radius 1 is 1.35 bits per heavy atom. The van der Waals surface area contributed by atoms with Crippen LogP contribution in [-0.2, 0) is 25.5 Å². The van der Waals surface area contributed by atoms with Crippen molar-refractivity contribution in [3.8, 4) is 0 Å². The summed E-state index contributed by atoms with van der Waals surface area (Å²) in [6, 6.07) is 7.76. The second-order valence-corrected chi connectivity index (χ2v) is 3.76. The molecule has 1 radical (unpaired) electrons. The van der Waals surface area contributed by atoms with Crippen LogP contribution in [0.15, 0.2) is 18.2 Å². The number of ether oxygens (including phenoxy) is 2. The summed E-state index contributed by atoms with van der Waals surface area (Å²) in [5, 5.41) is 0.427. The van der Waals surface area contributed by atoms with E-state index in [1.165, 1.54) is 14.2 Å². The minimum absolute atomic E-state index is 0.188. The first-order valence-electron chi connectivity index (χ1n) is 4.90. The predicted molar refractivity (Wildman–Crippen MR) is 61.5 cm³/mol. The third-order valence-corrected chi connectivity index (χ3v) is 2.46. The Morgan fingerprint density at radius 3 is 2.41 bits per heavy atom. The number of carbonyl (C=O) groups excluding carboxylic acids is 2. The van der Waals surface area contributed by atoms with Crippen LogP contribution in [0.1, 0.15) is 5.56 Å². The first-order chi connectivity index (χ1) is 8.08. The number of methoxy groups -OCH3 is 2. The molecule has 0 N–H and O–H groups in total. The van der Waals surface area contributed by atoms with E-state index in [9.17, 15) is 9.59 Å². The molecule has 1 aromatic carbocycles. The lowest BCUT2D eigenvalue weighted by atomic mass is 9.99. The van der Waals surface area contributed by atoms with E-state index in [1.807, 2.05) is 0 Å². The fourth-order valence-corrected chi connectivity index (χ4v) is 1.59. The van der Waals surface area contributed by atoms with E-state index in [4.69, 9.17) is 11.6 Å². The van der Waals surface area contributed by atoms with Gasteiger partial charge in [-0.1, -0.05) is 23.7 Å². The van der Waals surface area contributed by atoms with Crippen molar-refractivity contribution >= 4 is 23.5 Å². The number of rotatable bonds is 4. The van der Waals surface area contributed by atoms with Gasteiger partial charge < -0.3 is 9.47 Å². The van der Waals surface area contributed by atoms with Crippen molar-refractivity contribution in [3.05, 3.63) is 34.9 Å². The van der Waals surface area contributed by atoms with Crippen LogP contribution in [-0.4, -0.2) is 26.2 Å². The monoisotopic (exact) mass is 255 g/mol. The zero-order valence-corrected chi connectivity index (χ0v) is 10.3. The maximum absolute atomic E-state index is 11.4. The molecule has 0 saturated carbocycles. The maximum atomic E-state index is 11.4. The topological polar surface area (TPSA) is 52.6 Å². The van der Waals surface area contributed by atoms with E-state index in [2.05, 4.69) is 15.5 Å². The molecule has 0 unspecified atom stereocenters. The summed E-state index contributed by atoms with van der Waals surface area (Å²) in [5.41, 5.74) is 0.745.